The molecular weight excluding hydrogens is 212 g/mol. The van der Waals surface area contributed by atoms with Gasteiger partial charge in [0.25, 0.3) is 5.91 Å². The molecular formula is C9H8N4OS. The van der Waals surface area contributed by atoms with E-state index < -0.39 is 0 Å². The second-order valence-electron chi connectivity index (χ2n) is 2.74. The van der Waals surface area contributed by atoms with Gasteiger partial charge in [0.1, 0.15) is 9.88 Å². The molecule has 2 heterocycles. The number of hydrogen-bond donors (Lipinski definition) is 2. The van der Waals surface area contributed by atoms with Crippen LogP contribution >= 0.6 is 11.3 Å². The highest BCUT2D eigenvalue weighted by molar-refractivity contribution is 7.16. The number of aromatic nitrogens is 2. The number of hydrazine groups is 1. The van der Waals surface area contributed by atoms with Gasteiger partial charge >= 0.3 is 0 Å². The van der Waals surface area contributed by atoms with Crippen LogP contribution in [0.25, 0.3) is 10.6 Å². The summed E-state index contributed by atoms with van der Waals surface area (Å²) in [5.41, 5.74) is 3.00. The Morgan fingerprint density at radius 2 is 2.13 bits per heavy atom. The Labute approximate surface area is 90.0 Å². The molecule has 0 aliphatic carbocycles. The maximum Gasteiger partial charge on any atom is 0.276 e. The average Bonchev–Trinajstić information content (AvgIpc) is 2.78. The highest BCUT2D eigenvalue weighted by Crippen LogP contribution is 2.23. The van der Waals surface area contributed by atoms with Crippen molar-refractivity contribution < 1.29 is 4.79 Å². The van der Waals surface area contributed by atoms with Crippen molar-refractivity contribution in [3.05, 3.63) is 35.6 Å². The molecule has 0 radical (unpaired) electrons. The summed E-state index contributed by atoms with van der Waals surface area (Å²) in [5, 5.41) is 0.774. The Kier molecular flexibility index (Phi) is 2.70. The second kappa shape index (κ2) is 4.16. The van der Waals surface area contributed by atoms with Crippen molar-refractivity contribution in [3.63, 3.8) is 0 Å². The second-order valence-corrected chi connectivity index (χ2v) is 3.77. The lowest BCUT2D eigenvalue weighted by Gasteiger charge is -1.93. The van der Waals surface area contributed by atoms with E-state index in [-0.39, 0.29) is 5.91 Å². The number of rotatable bonds is 2. The maximum absolute atomic E-state index is 11.2. The number of amides is 1. The van der Waals surface area contributed by atoms with Crippen LogP contribution in [0.2, 0.25) is 0 Å². The molecule has 2 rings (SSSR count). The predicted molar refractivity (Wildman–Crippen MR) is 57.0 cm³/mol. The van der Waals surface area contributed by atoms with Crippen molar-refractivity contribution >= 4 is 17.2 Å². The number of pyridine rings is 1. The lowest BCUT2D eigenvalue weighted by molar-refractivity contribution is 0.0957. The van der Waals surface area contributed by atoms with Crippen molar-refractivity contribution in [2.75, 3.05) is 0 Å². The molecule has 76 valence electrons. The zero-order valence-corrected chi connectivity index (χ0v) is 8.49. The molecule has 0 atom stereocenters. The highest BCUT2D eigenvalue weighted by Gasteiger charge is 2.09. The summed E-state index contributed by atoms with van der Waals surface area (Å²) in [5.74, 6) is 4.70. The molecule has 3 N–H and O–H groups in total. The van der Waals surface area contributed by atoms with Gasteiger partial charge < -0.3 is 0 Å². The van der Waals surface area contributed by atoms with Crippen molar-refractivity contribution in [1.82, 2.24) is 15.4 Å². The summed E-state index contributed by atoms with van der Waals surface area (Å²) in [7, 11) is 0. The monoisotopic (exact) mass is 220 g/mol. The van der Waals surface area contributed by atoms with Crippen LogP contribution in [-0.4, -0.2) is 15.9 Å². The van der Waals surface area contributed by atoms with Gasteiger partial charge in [-0.25, -0.2) is 10.8 Å². The first-order valence-electron chi connectivity index (χ1n) is 4.18. The number of thiazole rings is 1. The third-order valence-electron chi connectivity index (χ3n) is 1.79. The van der Waals surface area contributed by atoms with Gasteiger partial charge in [-0.2, -0.15) is 0 Å². The van der Waals surface area contributed by atoms with Gasteiger partial charge in [0.2, 0.25) is 0 Å². The fourth-order valence-electron chi connectivity index (χ4n) is 1.08. The summed E-state index contributed by atoms with van der Waals surface area (Å²) in [6.07, 6.45) is 4.86. The molecule has 0 fully saturated rings. The summed E-state index contributed by atoms with van der Waals surface area (Å²) in [6.45, 7) is 0. The fourth-order valence-corrected chi connectivity index (χ4v) is 1.90. The van der Waals surface area contributed by atoms with E-state index in [1.165, 1.54) is 17.5 Å². The summed E-state index contributed by atoms with van der Waals surface area (Å²) < 4.78 is 0. The Morgan fingerprint density at radius 3 is 2.80 bits per heavy atom. The molecule has 0 unspecified atom stereocenters. The molecule has 0 aliphatic heterocycles. The van der Waals surface area contributed by atoms with Gasteiger partial charge in [-0.3, -0.25) is 15.2 Å². The quantitative estimate of drug-likeness (QED) is 0.446. The van der Waals surface area contributed by atoms with E-state index in [9.17, 15) is 4.79 Å². The largest absolute Gasteiger partial charge is 0.289 e. The summed E-state index contributed by atoms with van der Waals surface area (Å²) >= 11 is 1.29. The van der Waals surface area contributed by atoms with Gasteiger partial charge in [0.05, 0.1) is 6.20 Å². The number of nitrogens with one attached hydrogen (secondary N) is 1. The Morgan fingerprint density at radius 1 is 1.40 bits per heavy atom. The van der Waals surface area contributed by atoms with Crippen LogP contribution in [0.5, 0.6) is 0 Å². The Balaban J connectivity index is 2.32. The number of nitrogen functional groups attached to an aromatic ring is 1. The van der Waals surface area contributed by atoms with Gasteiger partial charge in [-0.05, 0) is 12.1 Å². The van der Waals surface area contributed by atoms with Crippen molar-refractivity contribution in [2.45, 2.75) is 0 Å². The van der Waals surface area contributed by atoms with E-state index in [2.05, 4.69) is 15.4 Å². The molecule has 0 aliphatic rings. The Hall–Kier alpha value is -1.79. The van der Waals surface area contributed by atoms with E-state index in [4.69, 9.17) is 5.84 Å². The molecule has 0 spiro atoms. The molecule has 2 aromatic heterocycles. The van der Waals surface area contributed by atoms with Crippen LogP contribution in [0.3, 0.4) is 0 Å². The first kappa shape index (κ1) is 9.75. The van der Waals surface area contributed by atoms with Crippen LogP contribution < -0.4 is 11.3 Å². The van der Waals surface area contributed by atoms with Crippen LogP contribution in [0.4, 0.5) is 0 Å². The molecule has 2 aromatic rings. The summed E-state index contributed by atoms with van der Waals surface area (Å²) in [4.78, 5) is 19.7. The minimum Gasteiger partial charge on any atom is -0.289 e. The van der Waals surface area contributed by atoms with Gasteiger partial charge in [-0.15, -0.1) is 11.3 Å². The number of carbonyl (C=O) groups excluding carboxylic acids is 1. The standard InChI is InChI=1S/C9H8N4OS/c10-13-8(14)7-5-12-9(15-7)6-1-3-11-4-2-6/h1-5H,10H2,(H,13,14). The number of hydrogen-bond acceptors (Lipinski definition) is 5. The summed E-state index contributed by atoms with van der Waals surface area (Å²) in [6, 6.07) is 3.67. The normalized spacial score (nSPS) is 9.93. The van der Waals surface area contributed by atoms with Gasteiger partial charge in [-0.1, -0.05) is 0 Å². The minimum absolute atomic E-state index is 0.326. The molecule has 0 saturated heterocycles. The van der Waals surface area contributed by atoms with E-state index in [1.54, 1.807) is 12.4 Å². The smallest absolute Gasteiger partial charge is 0.276 e. The van der Waals surface area contributed by atoms with E-state index >= 15 is 0 Å². The molecule has 5 nitrogen and oxygen atoms in total. The van der Waals surface area contributed by atoms with Gasteiger partial charge in [0.15, 0.2) is 0 Å². The van der Waals surface area contributed by atoms with Crippen molar-refractivity contribution in [1.29, 1.82) is 0 Å². The maximum atomic E-state index is 11.2. The zero-order chi connectivity index (χ0) is 10.7. The van der Waals surface area contributed by atoms with E-state index in [1.807, 2.05) is 12.1 Å². The average molecular weight is 220 g/mol. The molecule has 0 saturated carbocycles. The third-order valence-corrected chi connectivity index (χ3v) is 2.83. The Bertz CT molecular complexity index is 468. The first-order valence-corrected chi connectivity index (χ1v) is 5.00. The highest BCUT2D eigenvalue weighted by atomic mass is 32.1. The molecule has 0 bridgehead atoms. The molecule has 15 heavy (non-hydrogen) atoms. The van der Waals surface area contributed by atoms with Crippen LogP contribution in [0.15, 0.2) is 30.7 Å². The number of carbonyl (C=O) groups is 1. The number of nitrogens with zero attached hydrogens (tertiary/aromatic N) is 2. The third kappa shape index (κ3) is 2.00. The first-order chi connectivity index (χ1) is 7.31. The minimum atomic E-state index is -0.326. The van der Waals surface area contributed by atoms with E-state index in [0.29, 0.717) is 4.88 Å². The molecule has 1 amide bonds. The van der Waals surface area contributed by atoms with Gasteiger partial charge in [0, 0.05) is 18.0 Å². The predicted octanol–water partition coefficient (Wildman–Crippen LogP) is 0.809. The van der Waals surface area contributed by atoms with Crippen molar-refractivity contribution in [2.24, 2.45) is 5.84 Å². The lowest BCUT2D eigenvalue weighted by Crippen LogP contribution is -2.29. The molecule has 6 heteroatoms. The topological polar surface area (TPSA) is 80.9 Å². The van der Waals surface area contributed by atoms with Crippen LogP contribution in [-0.2, 0) is 0 Å². The van der Waals surface area contributed by atoms with Crippen LogP contribution in [0.1, 0.15) is 9.67 Å². The lowest BCUT2D eigenvalue weighted by atomic mass is 10.3. The SMILES string of the molecule is NNC(=O)c1cnc(-c2ccncc2)s1. The van der Waals surface area contributed by atoms with Crippen LogP contribution in [0, 0.1) is 0 Å². The fraction of sp³-hybridized carbons (Fsp3) is 0. The van der Waals surface area contributed by atoms with Crippen molar-refractivity contribution in [3.8, 4) is 10.6 Å². The zero-order valence-electron chi connectivity index (χ0n) is 7.68. The number of nitrogens with two attached hydrogens (primary N) is 1. The molecule has 0 aromatic carbocycles. The van der Waals surface area contributed by atoms with E-state index in [0.717, 1.165) is 10.6 Å².